The van der Waals surface area contributed by atoms with Crippen molar-refractivity contribution in [1.82, 2.24) is 0 Å². The van der Waals surface area contributed by atoms with Gasteiger partial charge in [0.1, 0.15) is 0 Å². The van der Waals surface area contributed by atoms with E-state index in [1.54, 1.807) is 18.2 Å². The van der Waals surface area contributed by atoms with Crippen LogP contribution >= 0.6 is 0 Å². The SMILES string of the molecule is COc1cc(/C=C2\N=C(C(C)(C)C)OC2=O)cc(OC)c1OC. The first-order valence-corrected chi connectivity index (χ1v) is 7.13. The molecule has 0 spiro atoms. The summed E-state index contributed by atoms with van der Waals surface area (Å²) in [6.45, 7) is 5.80. The summed E-state index contributed by atoms with van der Waals surface area (Å²) in [5.41, 5.74) is 0.607. The fraction of sp³-hybridized carbons (Fsp3) is 0.412. The molecule has 1 aromatic rings. The maximum Gasteiger partial charge on any atom is 0.363 e. The highest BCUT2D eigenvalue weighted by Crippen LogP contribution is 2.39. The first-order chi connectivity index (χ1) is 10.8. The Labute approximate surface area is 135 Å². The molecule has 0 saturated carbocycles. The number of nitrogens with zero attached hydrogens (tertiary/aromatic N) is 1. The topological polar surface area (TPSA) is 66.4 Å². The Morgan fingerprint density at radius 1 is 1.04 bits per heavy atom. The number of benzene rings is 1. The molecule has 1 aromatic carbocycles. The summed E-state index contributed by atoms with van der Waals surface area (Å²) in [5.74, 6) is 1.44. The molecule has 0 bridgehead atoms. The molecule has 6 heteroatoms. The van der Waals surface area contributed by atoms with E-state index in [0.717, 1.165) is 0 Å². The number of aliphatic imine (C=N–C) groups is 1. The summed E-state index contributed by atoms with van der Waals surface area (Å²) >= 11 is 0. The van der Waals surface area contributed by atoms with Crippen LogP contribution in [0.5, 0.6) is 17.2 Å². The highest BCUT2D eigenvalue weighted by Gasteiger charge is 2.31. The Kier molecular flexibility index (Phi) is 4.63. The van der Waals surface area contributed by atoms with Crippen molar-refractivity contribution in [1.29, 1.82) is 0 Å². The number of hydrogen-bond donors (Lipinski definition) is 0. The lowest BCUT2D eigenvalue weighted by Crippen LogP contribution is -2.21. The van der Waals surface area contributed by atoms with Crippen molar-refractivity contribution in [3.05, 3.63) is 23.4 Å². The molecule has 6 nitrogen and oxygen atoms in total. The van der Waals surface area contributed by atoms with Gasteiger partial charge in [0.15, 0.2) is 17.2 Å². The second kappa shape index (κ2) is 6.32. The van der Waals surface area contributed by atoms with Gasteiger partial charge in [-0.05, 0) is 23.8 Å². The molecule has 0 saturated heterocycles. The van der Waals surface area contributed by atoms with Crippen molar-refractivity contribution in [2.75, 3.05) is 21.3 Å². The van der Waals surface area contributed by atoms with E-state index in [1.807, 2.05) is 20.8 Å². The molecule has 2 rings (SSSR count). The largest absolute Gasteiger partial charge is 0.493 e. The van der Waals surface area contributed by atoms with Gasteiger partial charge >= 0.3 is 5.97 Å². The minimum atomic E-state index is -0.469. The molecule has 23 heavy (non-hydrogen) atoms. The van der Waals surface area contributed by atoms with Gasteiger partial charge in [-0.3, -0.25) is 0 Å². The molecular formula is C17H21NO5. The van der Waals surface area contributed by atoms with E-state index in [0.29, 0.717) is 28.7 Å². The smallest absolute Gasteiger partial charge is 0.363 e. The van der Waals surface area contributed by atoms with Crippen molar-refractivity contribution in [2.24, 2.45) is 10.4 Å². The first kappa shape index (κ1) is 16.9. The third-order valence-electron chi connectivity index (χ3n) is 3.25. The van der Waals surface area contributed by atoms with Crippen LogP contribution in [0.3, 0.4) is 0 Å². The second-order valence-corrected chi connectivity index (χ2v) is 6.04. The molecule has 0 unspecified atom stereocenters. The van der Waals surface area contributed by atoms with Crippen LogP contribution in [0.4, 0.5) is 0 Å². The number of cyclic esters (lactones) is 1. The van der Waals surface area contributed by atoms with E-state index in [9.17, 15) is 4.79 Å². The van der Waals surface area contributed by atoms with Gasteiger partial charge in [-0.1, -0.05) is 20.8 Å². The number of esters is 1. The molecule has 0 atom stereocenters. The van der Waals surface area contributed by atoms with Crippen molar-refractivity contribution < 1.29 is 23.7 Å². The van der Waals surface area contributed by atoms with E-state index in [-0.39, 0.29) is 11.1 Å². The van der Waals surface area contributed by atoms with Gasteiger partial charge in [-0.2, -0.15) is 0 Å². The standard InChI is InChI=1S/C17H21NO5/c1-17(2,3)16-18-11(15(19)23-16)7-10-8-12(20-4)14(22-6)13(9-10)21-5/h7-9H,1-6H3/b11-7-. The average Bonchev–Trinajstić information content (AvgIpc) is 2.87. The molecule has 1 heterocycles. The van der Waals surface area contributed by atoms with Crippen LogP contribution in [0.2, 0.25) is 0 Å². The first-order valence-electron chi connectivity index (χ1n) is 7.13. The molecule has 1 aliphatic heterocycles. The third kappa shape index (κ3) is 3.47. The lowest BCUT2D eigenvalue weighted by molar-refractivity contribution is -0.130. The van der Waals surface area contributed by atoms with Gasteiger partial charge < -0.3 is 18.9 Å². The van der Waals surface area contributed by atoms with Crippen LogP contribution in [0.15, 0.2) is 22.8 Å². The van der Waals surface area contributed by atoms with Crippen LogP contribution in [0.1, 0.15) is 26.3 Å². The lowest BCUT2D eigenvalue weighted by atomic mass is 9.97. The van der Waals surface area contributed by atoms with Gasteiger partial charge in [0.2, 0.25) is 11.6 Å². The molecule has 0 fully saturated rings. The summed E-state index contributed by atoms with van der Waals surface area (Å²) in [5, 5.41) is 0. The minimum Gasteiger partial charge on any atom is -0.493 e. The van der Waals surface area contributed by atoms with E-state index < -0.39 is 5.97 Å². The molecular weight excluding hydrogens is 298 g/mol. The maximum atomic E-state index is 12.0. The predicted octanol–water partition coefficient (Wildman–Crippen LogP) is 3.05. The summed E-state index contributed by atoms with van der Waals surface area (Å²) in [6.07, 6.45) is 1.63. The van der Waals surface area contributed by atoms with Crippen LogP contribution < -0.4 is 14.2 Å². The lowest BCUT2D eigenvalue weighted by Gasteiger charge is -2.15. The maximum absolute atomic E-state index is 12.0. The minimum absolute atomic E-state index is 0.240. The number of ether oxygens (including phenoxy) is 4. The summed E-state index contributed by atoms with van der Waals surface area (Å²) in [4.78, 5) is 16.3. The van der Waals surface area contributed by atoms with Crippen LogP contribution in [-0.4, -0.2) is 33.2 Å². The Hall–Kier alpha value is -2.50. The van der Waals surface area contributed by atoms with Crippen LogP contribution in [0.25, 0.3) is 6.08 Å². The Balaban J connectivity index is 2.47. The highest BCUT2D eigenvalue weighted by molar-refractivity contribution is 6.08. The summed E-state index contributed by atoms with van der Waals surface area (Å²) in [7, 11) is 4.61. The molecule has 0 aliphatic carbocycles. The van der Waals surface area contributed by atoms with Crippen molar-refractivity contribution in [3.8, 4) is 17.2 Å². The summed E-state index contributed by atoms with van der Waals surface area (Å²) < 4.78 is 21.1. The van der Waals surface area contributed by atoms with Crippen molar-refractivity contribution >= 4 is 17.9 Å². The van der Waals surface area contributed by atoms with Crippen LogP contribution in [0, 0.1) is 5.41 Å². The monoisotopic (exact) mass is 319 g/mol. The summed E-state index contributed by atoms with van der Waals surface area (Å²) in [6, 6.07) is 3.48. The van der Waals surface area contributed by atoms with E-state index >= 15 is 0 Å². The predicted molar refractivity (Wildman–Crippen MR) is 87.1 cm³/mol. The molecule has 0 N–H and O–H groups in total. The normalized spacial score (nSPS) is 16.2. The van der Waals surface area contributed by atoms with Gasteiger partial charge in [0.05, 0.1) is 21.3 Å². The third-order valence-corrected chi connectivity index (χ3v) is 3.25. The van der Waals surface area contributed by atoms with Gasteiger partial charge in [0.25, 0.3) is 0 Å². The van der Waals surface area contributed by atoms with E-state index in [4.69, 9.17) is 18.9 Å². The molecule has 0 aromatic heterocycles. The molecule has 1 aliphatic rings. The fourth-order valence-electron chi connectivity index (χ4n) is 2.07. The number of carbonyl (C=O) groups is 1. The zero-order valence-corrected chi connectivity index (χ0v) is 14.2. The zero-order valence-electron chi connectivity index (χ0n) is 14.2. The Morgan fingerprint density at radius 3 is 2.00 bits per heavy atom. The molecule has 0 amide bonds. The molecule has 124 valence electrons. The zero-order chi connectivity index (χ0) is 17.2. The average molecular weight is 319 g/mol. The Bertz CT molecular complexity index is 658. The molecule has 0 radical (unpaired) electrons. The van der Waals surface area contributed by atoms with Crippen molar-refractivity contribution in [3.63, 3.8) is 0 Å². The number of methoxy groups -OCH3 is 3. The van der Waals surface area contributed by atoms with Gasteiger partial charge in [-0.25, -0.2) is 9.79 Å². The number of hydrogen-bond acceptors (Lipinski definition) is 6. The second-order valence-electron chi connectivity index (χ2n) is 6.04. The van der Waals surface area contributed by atoms with Crippen LogP contribution in [-0.2, 0) is 9.53 Å². The number of rotatable bonds is 4. The van der Waals surface area contributed by atoms with E-state index in [1.165, 1.54) is 21.3 Å². The van der Waals surface area contributed by atoms with E-state index in [2.05, 4.69) is 4.99 Å². The number of carbonyl (C=O) groups excluding carboxylic acids is 1. The van der Waals surface area contributed by atoms with Gasteiger partial charge in [-0.15, -0.1) is 0 Å². The highest BCUT2D eigenvalue weighted by atomic mass is 16.6. The quantitative estimate of drug-likeness (QED) is 0.630. The fourth-order valence-corrected chi connectivity index (χ4v) is 2.07. The Morgan fingerprint density at radius 2 is 1.61 bits per heavy atom. The van der Waals surface area contributed by atoms with Gasteiger partial charge in [0, 0.05) is 5.41 Å². The van der Waals surface area contributed by atoms with Crippen molar-refractivity contribution in [2.45, 2.75) is 20.8 Å².